The first-order chi connectivity index (χ1) is 7.95. The van der Waals surface area contributed by atoms with Crippen LogP contribution in [0.3, 0.4) is 0 Å². The molecule has 1 N–H and O–H groups in total. The van der Waals surface area contributed by atoms with Gasteiger partial charge in [0.1, 0.15) is 6.04 Å². The lowest BCUT2D eigenvalue weighted by Crippen LogP contribution is -2.37. The highest BCUT2D eigenvalue weighted by atomic mass is 35.5. The zero-order valence-electron chi connectivity index (χ0n) is 10.1. The molecule has 1 unspecified atom stereocenters. The first kappa shape index (κ1) is 13.5. The van der Waals surface area contributed by atoms with Crippen LogP contribution in [0.1, 0.15) is 29.8 Å². The normalized spacial score (nSPS) is 12.0. The lowest BCUT2D eigenvalue weighted by molar-refractivity contribution is 0.0937. The van der Waals surface area contributed by atoms with Crippen molar-refractivity contribution < 1.29 is 4.79 Å². The maximum Gasteiger partial charge on any atom is 0.252 e. The van der Waals surface area contributed by atoms with Crippen LogP contribution in [-0.2, 0) is 0 Å². The van der Waals surface area contributed by atoms with Gasteiger partial charge in [-0.3, -0.25) is 4.79 Å². The monoisotopic (exact) mass is 250 g/mol. The zero-order chi connectivity index (χ0) is 13.0. The summed E-state index contributed by atoms with van der Waals surface area (Å²) in [5, 5.41) is 12.1. The van der Waals surface area contributed by atoms with Crippen molar-refractivity contribution in [1.29, 1.82) is 5.26 Å². The second-order valence-electron chi connectivity index (χ2n) is 4.29. The van der Waals surface area contributed by atoms with E-state index in [-0.39, 0.29) is 11.8 Å². The molecule has 1 aromatic rings. The van der Waals surface area contributed by atoms with E-state index in [1.807, 2.05) is 20.8 Å². The number of carbonyl (C=O) groups excluding carboxylic acids is 1. The molecule has 0 fully saturated rings. The van der Waals surface area contributed by atoms with Gasteiger partial charge in [-0.1, -0.05) is 31.5 Å². The Morgan fingerprint density at radius 3 is 2.59 bits per heavy atom. The fourth-order valence-electron chi connectivity index (χ4n) is 1.31. The number of halogens is 1. The fourth-order valence-corrected chi connectivity index (χ4v) is 1.49. The number of rotatable bonds is 3. The van der Waals surface area contributed by atoms with Gasteiger partial charge < -0.3 is 5.32 Å². The summed E-state index contributed by atoms with van der Waals surface area (Å²) in [7, 11) is 0. The molecule has 0 aliphatic carbocycles. The quantitative estimate of drug-likeness (QED) is 0.897. The number of nitrogens with one attached hydrogen (secondary N) is 1. The zero-order valence-corrected chi connectivity index (χ0v) is 10.9. The Kier molecular flexibility index (Phi) is 4.53. The van der Waals surface area contributed by atoms with Crippen molar-refractivity contribution in [2.75, 3.05) is 0 Å². The van der Waals surface area contributed by atoms with Gasteiger partial charge in [0.15, 0.2) is 0 Å². The Morgan fingerprint density at radius 2 is 2.12 bits per heavy atom. The summed E-state index contributed by atoms with van der Waals surface area (Å²) in [6, 6.07) is 6.68. The van der Waals surface area contributed by atoms with Crippen molar-refractivity contribution in [3.8, 4) is 6.07 Å². The highest BCUT2D eigenvalue weighted by Crippen LogP contribution is 2.16. The predicted octanol–water partition coefficient (Wildman–Crippen LogP) is 2.93. The molecule has 90 valence electrons. The molecule has 0 saturated carbocycles. The van der Waals surface area contributed by atoms with Crippen molar-refractivity contribution in [1.82, 2.24) is 5.32 Å². The Labute approximate surface area is 106 Å². The van der Waals surface area contributed by atoms with E-state index < -0.39 is 6.04 Å². The van der Waals surface area contributed by atoms with Gasteiger partial charge in [0.05, 0.1) is 6.07 Å². The third-order valence-corrected chi connectivity index (χ3v) is 2.93. The molecule has 0 spiro atoms. The van der Waals surface area contributed by atoms with Crippen molar-refractivity contribution in [3.05, 3.63) is 34.3 Å². The van der Waals surface area contributed by atoms with Crippen LogP contribution >= 0.6 is 11.6 Å². The summed E-state index contributed by atoms with van der Waals surface area (Å²) in [6.45, 7) is 5.64. The molecule has 0 radical (unpaired) electrons. The average Bonchev–Trinajstić information content (AvgIpc) is 2.28. The highest BCUT2D eigenvalue weighted by molar-refractivity contribution is 6.31. The smallest absolute Gasteiger partial charge is 0.252 e. The first-order valence-electron chi connectivity index (χ1n) is 5.42. The largest absolute Gasteiger partial charge is 0.336 e. The van der Waals surface area contributed by atoms with Crippen LogP contribution < -0.4 is 5.32 Å². The summed E-state index contributed by atoms with van der Waals surface area (Å²) >= 11 is 5.95. The molecule has 1 atom stereocenters. The third-order valence-electron chi connectivity index (χ3n) is 2.53. The molecule has 0 aliphatic heterocycles. The maximum absolute atomic E-state index is 11.9. The second kappa shape index (κ2) is 5.70. The number of nitriles is 1. The molecule has 0 heterocycles. The van der Waals surface area contributed by atoms with E-state index in [1.165, 1.54) is 0 Å². The van der Waals surface area contributed by atoms with E-state index in [0.717, 1.165) is 5.56 Å². The van der Waals surface area contributed by atoms with E-state index >= 15 is 0 Å². The minimum atomic E-state index is -0.484. The molecule has 1 amide bonds. The van der Waals surface area contributed by atoms with Gasteiger partial charge in [0.25, 0.3) is 5.91 Å². The molecular weight excluding hydrogens is 236 g/mol. The van der Waals surface area contributed by atoms with Crippen molar-refractivity contribution >= 4 is 17.5 Å². The number of hydrogen-bond acceptors (Lipinski definition) is 2. The van der Waals surface area contributed by atoms with Crippen LogP contribution in [0.15, 0.2) is 18.2 Å². The predicted molar refractivity (Wildman–Crippen MR) is 67.9 cm³/mol. The summed E-state index contributed by atoms with van der Waals surface area (Å²) < 4.78 is 0. The van der Waals surface area contributed by atoms with Crippen molar-refractivity contribution in [3.63, 3.8) is 0 Å². The van der Waals surface area contributed by atoms with Gasteiger partial charge in [-0.2, -0.15) is 5.26 Å². The number of hydrogen-bond donors (Lipinski definition) is 1. The summed E-state index contributed by atoms with van der Waals surface area (Å²) in [6.07, 6.45) is 0. The molecule has 1 rings (SSSR count). The topological polar surface area (TPSA) is 52.9 Å². The van der Waals surface area contributed by atoms with Crippen molar-refractivity contribution in [2.24, 2.45) is 5.92 Å². The second-order valence-corrected chi connectivity index (χ2v) is 4.70. The Hall–Kier alpha value is -1.53. The van der Waals surface area contributed by atoms with Crippen LogP contribution in [0.25, 0.3) is 0 Å². The summed E-state index contributed by atoms with van der Waals surface area (Å²) in [4.78, 5) is 11.9. The number of carbonyl (C=O) groups is 1. The fraction of sp³-hybridized carbons (Fsp3) is 0.385. The summed E-state index contributed by atoms with van der Waals surface area (Å²) in [5.74, 6) is -0.197. The SMILES string of the molecule is Cc1ccc(C(=O)NC(C#N)C(C)C)cc1Cl. The molecule has 0 aromatic heterocycles. The number of nitrogens with zero attached hydrogens (tertiary/aromatic N) is 1. The summed E-state index contributed by atoms with van der Waals surface area (Å²) in [5.41, 5.74) is 1.39. The highest BCUT2D eigenvalue weighted by Gasteiger charge is 2.16. The minimum Gasteiger partial charge on any atom is -0.336 e. The lowest BCUT2D eigenvalue weighted by atomic mass is 10.1. The van der Waals surface area contributed by atoms with Crippen LogP contribution in [0, 0.1) is 24.2 Å². The van der Waals surface area contributed by atoms with Gasteiger partial charge in [0.2, 0.25) is 0 Å². The lowest BCUT2D eigenvalue weighted by Gasteiger charge is -2.15. The first-order valence-corrected chi connectivity index (χ1v) is 5.80. The molecule has 0 aliphatic rings. The van der Waals surface area contributed by atoms with Crippen LogP contribution in [0.5, 0.6) is 0 Å². The molecule has 0 bridgehead atoms. The molecule has 3 nitrogen and oxygen atoms in total. The van der Waals surface area contributed by atoms with Gasteiger partial charge in [-0.25, -0.2) is 0 Å². The average molecular weight is 251 g/mol. The minimum absolute atomic E-state index is 0.0740. The van der Waals surface area contributed by atoms with Gasteiger partial charge in [-0.05, 0) is 30.5 Å². The van der Waals surface area contributed by atoms with E-state index in [1.54, 1.807) is 18.2 Å². The van der Waals surface area contributed by atoms with Gasteiger partial charge in [0, 0.05) is 10.6 Å². The van der Waals surface area contributed by atoms with E-state index in [4.69, 9.17) is 16.9 Å². The molecule has 0 saturated heterocycles. The van der Waals surface area contributed by atoms with Crippen LogP contribution in [-0.4, -0.2) is 11.9 Å². The number of aryl methyl sites for hydroxylation is 1. The maximum atomic E-state index is 11.9. The van der Waals surface area contributed by atoms with Crippen molar-refractivity contribution in [2.45, 2.75) is 26.8 Å². The van der Waals surface area contributed by atoms with E-state index in [2.05, 4.69) is 11.4 Å². The third kappa shape index (κ3) is 3.47. The molecular formula is C13H15ClN2O. The van der Waals surface area contributed by atoms with Gasteiger partial charge in [-0.15, -0.1) is 0 Å². The Morgan fingerprint density at radius 1 is 1.47 bits per heavy atom. The standard InChI is InChI=1S/C13H15ClN2O/c1-8(2)12(7-15)16-13(17)10-5-4-9(3)11(14)6-10/h4-6,8,12H,1-3H3,(H,16,17). The van der Waals surface area contributed by atoms with Crippen LogP contribution in [0.4, 0.5) is 0 Å². The van der Waals surface area contributed by atoms with Gasteiger partial charge >= 0.3 is 0 Å². The Bertz CT molecular complexity index is 463. The Balaban J connectivity index is 2.83. The number of amides is 1. The van der Waals surface area contributed by atoms with E-state index in [0.29, 0.717) is 10.6 Å². The molecule has 17 heavy (non-hydrogen) atoms. The van der Waals surface area contributed by atoms with E-state index in [9.17, 15) is 4.79 Å². The molecule has 1 aromatic carbocycles. The van der Waals surface area contributed by atoms with Crippen LogP contribution in [0.2, 0.25) is 5.02 Å². The molecule has 4 heteroatoms. The number of benzene rings is 1.